The molecule has 0 aliphatic rings. The molecule has 2 nitrogen and oxygen atoms in total. The summed E-state index contributed by atoms with van der Waals surface area (Å²) in [6.45, 7) is 3.13. The quantitative estimate of drug-likeness (QED) is 0.349. The lowest BCUT2D eigenvalue weighted by molar-refractivity contribution is -0.104. The molecule has 1 aromatic heterocycles. The van der Waals surface area contributed by atoms with E-state index in [0.717, 1.165) is 29.5 Å². The second-order valence-corrected chi connectivity index (χ2v) is 6.08. The molecule has 3 aromatic carbocycles. The van der Waals surface area contributed by atoms with Crippen LogP contribution < -0.4 is 0 Å². The molecule has 4 aromatic rings. The van der Waals surface area contributed by atoms with E-state index in [-0.39, 0.29) is 0 Å². The van der Waals surface area contributed by atoms with Gasteiger partial charge in [-0.15, -0.1) is 0 Å². The van der Waals surface area contributed by atoms with Crippen molar-refractivity contribution in [2.75, 3.05) is 0 Å². The van der Waals surface area contributed by atoms with Crippen LogP contribution in [0.15, 0.2) is 72.8 Å². The molecule has 0 bridgehead atoms. The first-order chi connectivity index (χ1) is 12.3. The molecule has 2 heteroatoms. The molecule has 0 spiro atoms. The molecule has 1 heterocycles. The van der Waals surface area contributed by atoms with Crippen molar-refractivity contribution >= 4 is 34.2 Å². The van der Waals surface area contributed by atoms with Crippen LogP contribution in [0, 0.1) is 0 Å². The number of aryl methyl sites for hydroxylation is 1. The van der Waals surface area contributed by atoms with Gasteiger partial charge in [0.25, 0.3) is 0 Å². The maximum Gasteiger partial charge on any atom is 0.142 e. The molecule has 0 unspecified atom stereocenters. The number of aldehydes is 1. The van der Waals surface area contributed by atoms with E-state index in [9.17, 15) is 4.79 Å². The average molecular weight is 325 g/mol. The first-order valence-electron chi connectivity index (χ1n) is 8.55. The number of para-hydroxylation sites is 1. The van der Waals surface area contributed by atoms with Gasteiger partial charge in [-0.25, -0.2) is 0 Å². The first kappa shape index (κ1) is 15.4. The molecule has 0 atom stereocenters. The molecular weight excluding hydrogens is 306 g/mol. The molecule has 0 aliphatic heterocycles. The number of carbonyl (C=O) groups is 1. The Hall–Kier alpha value is -3.13. The maximum atomic E-state index is 10.7. The van der Waals surface area contributed by atoms with E-state index < -0.39 is 0 Å². The number of fused-ring (bicyclic) bond motifs is 3. The zero-order chi connectivity index (χ0) is 17.2. The molecule has 0 radical (unpaired) electrons. The van der Waals surface area contributed by atoms with Crippen molar-refractivity contribution < 1.29 is 4.79 Å². The SMILES string of the molecule is CCn1c2ccccc2c2cc(-c3ccccc3C=CC=O)ccc21. The molecule has 0 saturated heterocycles. The van der Waals surface area contributed by atoms with E-state index in [1.165, 1.54) is 21.8 Å². The summed E-state index contributed by atoms with van der Waals surface area (Å²) in [4.78, 5) is 10.7. The lowest BCUT2D eigenvalue weighted by Gasteiger charge is -2.08. The smallest absolute Gasteiger partial charge is 0.142 e. The zero-order valence-electron chi connectivity index (χ0n) is 14.1. The van der Waals surface area contributed by atoms with Crippen molar-refractivity contribution in [3.63, 3.8) is 0 Å². The number of carbonyl (C=O) groups excluding carboxylic acids is 1. The van der Waals surface area contributed by atoms with Crippen LogP contribution in [0.5, 0.6) is 0 Å². The minimum Gasteiger partial charge on any atom is -0.341 e. The lowest BCUT2D eigenvalue weighted by Crippen LogP contribution is -1.92. The van der Waals surface area contributed by atoms with Gasteiger partial charge in [0.15, 0.2) is 0 Å². The molecular formula is C23H19NO. The van der Waals surface area contributed by atoms with Crippen LogP contribution in [0.1, 0.15) is 12.5 Å². The number of hydrogen-bond acceptors (Lipinski definition) is 1. The molecule has 0 aliphatic carbocycles. The average Bonchev–Trinajstić information content (AvgIpc) is 2.99. The summed E-state index contributed by atoms with van der Waals surface area (Å²) in [5.41, 5.74) is 5.88. The summed E-state index contributed by atoms with van der Waals surface area (Å²) < 4.78 is 2.35. The first-order valence-corrected chi connectivity index (χ1v) is 8.55. The predicted molar refractivity (Wildman–Crippen MR) is 106 cm³/mol. The fourth-order valence-corrected chi connectivity index (χ4v) is 3.61. The van der Waals surface area contributed by atoms with Gasteiger partial charge in [0.1, 0.15) is 6.29 Å². The van der Waals surface area contributed by atoms with Crippen LogP contribution in [0.2, 0.25) is 0 Å². The normalized spacial score (nSPS) is 11.6. The van der Waals surface area contributed by atoms with E-state index >= 15 is 0 Å². The Morgan fingerprint density at radius 2 is 1.64 bits per heavy atom. The summed E-state index contributed by atoms with van der Waals surface area (Å²) in [6, 6.07) is 23.4. The third-order valence-corrected chi connectivity index (χ3v) is 4.71. The number of aromatic nitrogens is 1. The molecule has 0 amide bonds. The van der Waals surface area contributed by atoms with Gasteiger partial charge in [0.05, 0.1) is 0 Å². The predicted octanol–water partition coefficient (Wildman–Crippen LogP) is 5.69. The highest BCUT2D eigenvalue weighted by Gasteiger charge is 2.11. The number of nitrogens with zero attached hydrogens (tertiary/aromatic N) is 1. The Morgan fingerprint density at radius 3 is 2.48 bits per heavy atom. The van der Waals surface area contributed by atoms with Crippen LogP contribution in [-0.4, -0.2) is 10.9 Å². The monoisotopic (exact) mass is 325 g/mol. The fraction of sp³-hybridized carbons (Fsp3) is 0.0870. The molecule has 25 heavy (non-hydrogen) atoms. The molecule has 0 N–H and O–H groups in total. The van der Waals surface area contributed by atoms with Crippen molar-refractivity contribution in [2.45, 2.75) is 13.5 Å². The summed E-state index contributed by atoms with van der Waals surface area (Å²) in [5.74, 6) is 0. The van der Waals surface area contributed by atoms with Crippen molar-refractivity contribution in [1.82, 2.24) is 4.57 Å². The van der Waals surface area contributed by atoms with Crippen LogP contribution >= 0.6 is 0 Å². The lowest BCUT2D eigenvalue weighted by atomic mass is 9.97. The Bertz CT molecular complexity index is 1100. The van der Waals surface area contributed by atoms with Gasteiger partial charge in [-0.3, -0.25) is 4.79 Å². The van der Waals surface area contributed by atoms with Crippen LogP contribution in [0.3, 0.4) is 0 Å². The highest BCUT2D eigenvalue weighted by molar-refractivity contribution is 6.09. The number of benzene rings is 3. The highest BCUT2D eigenvalue weighted by Crippen LogP contribution is 2.33. The molecule has 4 rings (SSSR count). The minimum atomic E-state index is 0.814. The second kappa shape index (κ2) is 6.40. The van der Waals surface area contributed by atoms with E-state index in [4.69, 9.17) is 0 Å². The van der Waals surface area contributed by atoms with Crippen molar-refractivity contribution in [3.8, 4) is 11.1 Å². The molecule has 122 valence electrons. The van der Waals surface area contributed by atoms with Gasteiger partial charge < -0.3 is 4.57 Å². The number of hydrogen-bond donors (Lipinski definition) is 0. The third-order valence-electron chi connectivity index (χ3n) is 4.71. The summed E-state index contributed by atoms with van der Waals surface area (Å²) >= 11 is 0. The van der Waals surface area contributed by atoms with Gasteiger partial charge in [-0.2, -0.15) is 0 Å². The summed E-state index contributed by atoms with van der Waals surface area (Å²) in [7, 11) is 0. The second-order valence-electron chi connectivity index (χ2n) is 6.08. The minimum absolute atomic E-state index is 0.814. The topological polar surface area (TPSA) is 22.0 Å². The standard InChI is InChI=1S/C23H19NO/c1-2-24-22-12-6-5-11-20(22)21-16-18(13-14-23(21)24)19-10-4-3-8-17(19)9-7-15-25/h3-16H,2H2,1H3. The Kier molecular flexibility index (Phi) is 3.95. The van der Waals surface area contributed by atoms with E-state index in [0.29, 0.717) is 0 Å². The van der Waals surface area contributed by atoms with Crippen LogP contribution in [0.4, 0.5) is 0 Å². The fourth-order valence-electron chi connectivity index (χ4n) is 3.61. The van der Waals surface area contributed by atoms with E-state index in [1.807, 2.05) is 24.3 Å². The van der Waals surface area contributed by atoms with Crippen LogP contribution in [-0.2, 0) is 11.3 Å². The Labute approximate surface area is 147 Å². The van der Waals surface area contributed by atoms with E-state index in [2.05, 4.69) is 60.0 Å². The van der Waals surface area contributed by atoms with Gasteiger partial charge in [-0.1, -0.05) is 54.6 Å². The van der Waals surface area contributed by atoms with Crippen molar-refractivity contribution in [1.29, 1.82) is 0 Å². The van der Waals surface area contributed by atoms with E-state index in [1.54, 1.807) is 6.08 Å². The largest absolute Gasteiger partial charge is 0.341 e. The van der Waals surface area contributed by atoms with Gasteiger partial charge in [-0.05, 0) is 47.9 Å². The zero-order valence-corrected chi connectivity index (χ0v) is 14.1. The summed E-state index contributed by atoms with van der Waals surface area (Å²) in [6.07, 6.45) is 4.22. The van der Waals surface area contributed by atoms with Crippen LogP contribution in [0.25, 0.3) is 39.0 Å². The van der Waals surface area contributed by atoms with Gasteiger partial charge in [0, 0.05) is 28.4 Å². The Morgan fingerprint density at radius 1 is 0.880 bits per heavy atom. The maximum absolute atomic E-state index is 10.7. The van der Waals surface area contributed by atoms with Crippen molar-refractivity contribution in [2.24, 2.45) is 0 Å². The summed E-state index contributed by atoms with van der Waals surface area (Å²) in [5, 5.41) is 2.55. The Balaban J connectivity index is 1.98. The number of rotatable bonds is 4. The molecule has 0 fully saturated rings. The number of allylic oxidation sites excluding steroid dienone is 1. The highest BCUT2D eigenvalue weighted by atomic mass is 16.1. The third kappa shape index (κ3) is 2.56. The van der Waals surface area contributed by atoms with Crippen molar-refractivity contribution in [3.05, 3.63) is 78.4 Å². The molecule has 0 saturated carbocycles. The van der Waals surface area contributed by atoms with Gasteiger partial charge >= 0.3 is 0 Å². The van der Waals surface area contributed by atoms with Gasteiger partial charge in [0.2, 0.25) is 0 Å².